The van der Waals surface area contributed by atoms with Gasteiger partial charge in [-0.25, -0.2) is 13.6 Å². The molecule has 6 nitrogen and oxygen atoms in total. The van der Waals surface area contributed by atoms with Crippen LogP contribution < -0.4 is 10.5 Å². The minimum atomic E-state index is -3.63. The number of nitrogens with two attached hydrogens (primary N) is 1. The van der Waals surface area contributed by atoms with Gasteiger partial charge in [0.15, 0.2) is 0 Å². The van der Waals surface area contributed by atoms with Gasteiger partial charge in [0, 0.05) is 26.1 Å². The lowest BCUT2D eigenvalue weighted by Crippen LogP contribution is -2.34. The minimum Gasteiger partial charge on any atom is -0.343 e. The van der Waals surface area contributed by atoms with E-state index in [9.17, 15) is 13.2 Å². The number of nitrogens with zero attached hydrogens (tertiary/aromatic N) is 1. The van der Waals surface area contributed by atoms with E-state index in [1.165, 1.54) is 25.0 Å². The van der Waals surface area contributed by atoms with Crippen molar-refractivity contribution in [1.82, 2.24) is 10.2 Å². The number of carbonyl (C=O) groups is 1. The fourth-order valence-electron chi connectivity index (χ4n) is 2.88. The van der Waals surface area contributed by atoms with Crippen LogP contribution in [0.5, 0.6) is 0 Å². The van der Waals surface area contributed by atoms with E-state index < -0.39 is 10.0 Å². The second-order valence-electron chi connectivity index (χ2n) is 6.23. The van der Waals surface area contributed by atoms with Crippen LogP contribution in [0.2, 0.25) is 0 Å². The van der Waals surface area contributed by atoms with Gasteiger partial charge in [-0.15, -0.1) is 0 Å². The summed E-state index contributed by atoms with van der Waals surface area (Å²) < 4.78 is 22.4. The Morgan fingerprint density at radius 3 is 2.25 bits per heavy atom. The number of likely N-dealkylation sites (tertiary alicyclic amines) is 1. The van der Waals surface area contributed by atoms with Gasteiger partial charge >= 0.3 is 0 Å². The first-order chi connectivity index (χ1) is 11.5. The predicted molar refractivity (Wildman–Crippen MR) is 94.1 cm³/mol. The summed E-state index contributed by atoms with van der Waals surface area (Å²) in [7, 11) is -3.63. The molecular weight excluding hydrogens is 326 g/mol. The maximum Gasteiger partial charge on any atom is 0.238 e. The smallest absolute Gasteiger partial charge is 0.238 e. The number of rotatable bonds is 7. The lowest BCUT2D eigenvalue weighted by molar-refractivity contribution is -0.131. The quantitative estimate of drug-likeness (QED) is 0.722. The van der Waals surface area contributed by atoms with Crippen LogP contribution in [0, 0.1) is 0 Å². The van der Waals surface area contributed by atoms with Crippen molar-refractivity contribution in [2.24, 2.45) is 5.14 Å². The lowest BCUT2D eigenvalue weighted by Gasteiger charge is -2.20. The third kappa shape index (κ3) is 6.22. The Morgan fingerprint density at radius 2 is 1.67 bits per heavy atom. The molecule has 0 aromatic heterocycles. The van der Waals surface area contributed by atoms with Crippen LogP contribution in [0.4, 0.5) is 0 Å². The number of nitrogens with one attached hydrogen (secondary N) is 1. The third-order valence-corrected chi connectivity index (χ3v) is 5.25. The van der Waals surface area contributed by atoms with Gasteiger partial charge in [-0.05, 0) is 43.5 Å². The van der Waals surface area contributed by atoms with Crippen LogP contribution >= 0.6 is 0 Å². The SMILES string of the molecule is NS(=O)(=O)c1ccc(CCNCCC(=O)N2CCCCCC2)cc1. The molecule has 0 bridgehead atoms. The second-order valence-corrected chi connectivity index (χ2v) is 7.80. The van der Waals surface area contributed by atoms with Crippen LogP contribution in [0.15, 0.2) is 29.2 Å². The second kappa shape index (κ2) is 9.15. The summed E-state index contributed by atoms with van der Waals surface area (Å²) in [6.07, 6.45) is 6.01. The Labute approximate surface area is 144 Å². The van der Waals surface area contributed by atoms with Gasteiger partial charge in [0.25, 0.3) is 0 Å². The van der Waals surface area contributed by atoms with Crippen molar-refractivity contribution in [2.75, 3.05) is 26.2 Å². The molecule has 24 heavy (non-hydrogen) atoms. The number of sulfonamides is 1. The first kappa shape index (κ1) is 18.9. The summed E-state index contributed by atoms with van der Waals surface area (Å²) in [5, 5.41) is 8.34. The monoisotopic (exact) mass is 353 g/mol. The topological polar surface area (TPSA) is 92.5 Å². The molecule has 0 aliphatic carbocycles. The van der Waals surface area contributed by atoms with E-state index in [4.69, 9.17) is 5.14 Å². The van der Waals surface area contributed by atoms with Crippen molar-refractivity contribution in [1.29, 1.82) is 0 Å². The van der Waals surface area contributed by atoms with E-state index in [-0.39, 0.29) is 10.8 Å². The Balaban J connectivity index is 1.65. The zero-order chi connectivity index (χ0) is 17.4. The summed E-state index contributed by atoms with van der Waals surface area (Å²) in [5.74, 6) is 0.238. The Bertz CT molecular complexity index is 621. The van der Waals surface area contributed by atoms with Gasteiger partial charge < -0.3 is 10.2 Å². The first-order valence-corrected chi connectivity index (χ1v) is 10.1. The Hall–Kier alpha value is -1.44. The van der Waals surface area contributed by atoms with Gasteiger partial charge in [0.2, 0.25) is 15.9 Å². The summed E-state index contributed by atoms with van der Waals surface area (Å²) in [5.41, 5.74) is 1.04. The number of primary sulfonamides is 1. The van der Waals surface area contributed by atoms with Crippen molar-refractivity contribution in [3.63, 3.8) is 0 Å². The summed E-state index contributed by atoms with van der Waals surface area (Å²) >= 11 is 0. The van der Waals surface area contributed by atoms with Gasteiger partial charge in [-0.2, -0.15) is 0 Å². The molecule has 0 saturated carbocycles. The van der Waals surface area contributed by atoms with Gasteiger partial charge in [-0.1, -0.05) is 25.0 Å². The minimum absolute atomic E-state index is 0.127. The van der Waals surface area contributed by atoms with E-state index >= 15 is 0 Å². The van der Waals surface area contributed by atoms with Crippen molar-refractivity contribution >= 4 is 15.9 Å². The highest BCUT2D eigenvalue weighted by molar-refractivity contribution is 7.89. The standard InChI is InChI=1S/C17H27N3O3S/c18-24(22,23)16-7-5-15(6-8-16)9-11-19-12-10-17(21)20-13-3-1-2-4-14-20/h5-8,19H,1-4,9-14H2,(H2,18,22,23). The van der Waals surface area contributed by atoms with Crippen LogP contribution in [0.3, 0.4) is 0 Å². The molecule has 7 heteroatoms. The summed E-state index contributed by atoms with van der Waals surface area (Å²) in [4.78, 5) is 14.2. The molecule has 1 amide bonds. The molecular formula is C17H27N3O3S. The highest BCUT2D eigenvalue weighted by Crippen LogP contribution is 2.11. The van der Waals surface area contributed by atoms with Gasteiger partial charge in [-0.3, -0.25) is 4.79 Å². The van der Waals surface area contributed by atoms with E-state index in [0.29, 0.717) is 13.0 Å². The average Bonchev–Trinajstić information content (AvgIpc) is 2.83. The molecule has 1 aromatic carbocycles. The predicted octanol–water partition coefficient (Wildman–Crippen LogP) is 1.26. The molecule has 1 saturated heterocycles. The molecule has 0 radical (unpaired) electrons. The van der Waals surface area contributed by atoms with Crippen LogP contribution in [0.1, 0.15) is 37.7 Å². The first-order valence-electron chi connectivity index (χ1n) is 8.57. The third-order valence-electron chi connectivity index (χ3n) is 4.32. The summed E-state index contributed by atoms with van der Waals surface area (Å²) in [6.45, 7) is 3.22. The number of benzene rings is 1. The molecule has 0 spiro atoms. The normalized spacial score (nSPS) is 16.0. The van der Waals surface area contributed by atoms with Crippen molar-refractivity contribution in [2.45, 2.75) is 43.4 Å². The molecule has 3 N–H and O–H groups in total. The highest BCUT2D eigenvalue weighted by atomic mass is 32.2. The summed E-state index contributed by atoms with van der Waals surface area (Å²) in [6, 6.07) is 6.58. The molecule has 1 aliphatic rings. The van der Waals surface area contributed by atoms with E-state index in [1.807, 2.05) is 4.90 Å². The number of hydrogen-bond acceptors (Lipinski definition) is 4. The van der Waals surface area contributed by atoms with E-state index in [0.717, 1.165) is 44.5 Å². The molecule has 0 unspecified atom stereocenters. The number of hydrogen-bond donors (Lipinski definition) is 2. The molecule has 1 aliphatic heterocycles. The number of amides is 1. The average molecular weight is 353 g/mol. The molecule has 1 heterocycles. The van der Waals surface area contributed by atoms with E-state index in [1.54, 1.807) is 12.1 Å². The number of carbonyl (C=O) groups excluding carboxylic acids is 1. The van der Waals surface area contributed by atoms with E-state index in [2.05, 4.69) is 5.32 Å². The van der Waals surface area contributed by atoms with Gasteiger partial charge in [0.1, 0.15) is 0 Å². The Kier molecular flexibility index (Phi) is 7.20. The fraction of sp³-hybridized carbons (Fsp3) is 0.588. The van der Waals surface area contributed by atoms with Crippen molar-refractivity contribution in [3.05, 3.63) is 29.8 Å². The maximum absolute atomic E-state index is 12.1. The zero-order valence-electron chi connectivity index (χ0n) is 14.0. The van der Waals surface area contributed by atoms with Gasteiger partial charge in [0.05, 0.1) is 4.90 Å². The zero-order valence-corrected chi connectivity index (χ0v) is 14.9. The highest BCUT2D eigenvalue weighted by Gasteiger charge is 2.14. The molecule has 134 valence electrons. The van der Waals surface area contributed by atoms with Crippen LogP contribution in [-0.4, -0.2) is 45.4 Å². The largest absolute Gasteiger partial charge is 0.343 e. The van der Waals surface area contributed by atoms with Crippen molar-refractivity contribution < 1.29 is 13.2 Å². The molecule has 1 fully saturated rings. The molecule has 1 aromatic rings. The fourth-order valence-corrected chi connectivity index (χ4v) is 3.39. The van der Waals surface area contributed by atoms with Crippen LogP contribution in [0.25, 0.3) is 0 Å². The van der Waals surface area contributed by atoms with Crippen LogP contribution in [-0.2, 0) is 21.2 Å². The molecule has 2 rings (SSSR count). The maximum atomic E-state index is 12.1. The lowest BCUT2D eigenvalue weighted by atomic mass is 10.1. The molecule has 0 atom stereocenters. The Morgan fingerprint density at radius 1 is 1.04 bits per heavy atom. The van der Waals surface area contributed by atoms with Crippen molar-refractivity contribution in [3.8, 4) is 0 Å².